The third-order valence-electron chi connectivity index (χ3n) is 2.10. The van der Waals surface area contributed by atoms with Gasteiger partial charge in [0.15, 0.2) is 17.3 Å². The van der Waals surface area contributed by atoms with Gasteiger partial charge in [0.1, 0.15) is 4.99 Å². The maximum atomic E-state index is 5.52. The number of hydrogen-bond donors (Lipinski definition) is 1. The van der Waals surface area contributed by atoms with Crippen molar-refractivity contribution in [3.05, 3.63) is 42.2 Å². The van der Waals surface area contributed by atoms with Crippen LogP contribution in [-0.4, -0.2) is 12.1 Å². The second kappa shape index (κ2) is 4.88. The van der Waals surface area contributed by atoms with E-state index < -0.39 is 0 Å². The molecule has 1 aromatic carbocycles. The first-order chi connectivity index (χ1) is 8.20. The molecule has 0 atom stereocenters. The highest BCUT2D eigenvalue weighted by atomic mass is 32.1. The first-order valence-electron chi connectivity index (χ1n) is 4.91. The van der Waals surface area contributed by atoms with Crippen molar-refractivity contribution in [2.24, 2.45) is 5.73 Å². The lowest BCUT2D eigenvalue weighted by Gasteiger charge is -2.07. The lowest BCUT2D eigenvalue weighted by Crippen LogP contribution is -2.07. The van der Waals surface area contributed by atoms with Gasteiger partial charge in [-0.2, -0.15) is 0 Å². The van der Waals surface area contributed by atoms with Crippen LogP contribution in [0.1, 0.15) is 5.76 Å². The van der Waals surface area contributed by atoms with Crippen molar-refractivity contribution in [1.29, 1.82) is 0 Å². The molecular formula is C12H11NO3S. The molecule has 0 saturated carbocycles. The fourth-order valence-corrected chi connectivity index (χ4v) is 1.43. The first kappa shape index (κ1) is 11.5. The number of para-hydroxylation sites is 2. The van der Waals surface area contributed by atoms with Gasteiger partial charge in [0.25, 0.3) is 5.95 Å². The number of hydrogen-bond acceptors (Lipinski definition) is 4. The van der Waals surface area contributed by atoms with Crippen LogP contribution in [-0.2, 0) is 0 Å². The molecule has 0 spiro atoms. The highest BCUT2D eigenvalue weighted by Gasteiger charge is 2.09. The molecule has 0 amide bonds. The molecule has 0 aliphatic carbocycles. The Morgan fingerprint density at radius 3 is 2.47 bits per heavy atom. The topological polar surface area (TPSA) is 57.6 Å². The molecular weight excluding hydrogens is 238 g/mol. The van der Waals surface area contributed by atoms with Gasteiger partial charge in [0.05, 0.1) is 7.11 Å². The van der Waals surface area contributed by atoms with Crippen LogP contribution in [0.2, 0.25) is 0 Å². The third kappa shape index (κ3) is 2.57. The molecule has 88 valence electrons. The van der Waals surface area contributed by atoms with Crippen molar-refractivity contribution in [1.82, 2.24) is 0 Å². The van der Waals surface area contributed by atoms with E-state index in [1.807, 2.05) is 12.1 Å². The molecule has 17 heavy (non-hydrogen) atoms. The minimum Gasteiger partial charge on any atom is -0.493 e. The largest absolute Gasteiger partial charge is 0.493 e. The van der Waals surface area contributed by atoms with Crippen LogP contribution in [0.4, 0.5) is 0 Å². The number of benzene rings is 1. The molecule has 1 aromatic heterocycles. The van der Waals surface area contributed by atoms with E-state index in [9.17, 15) is 0 Å². The van der Waals surface area contributed by atoms with Gasteiger partial charge < -0.3 is 19.6 Å². The normalized spacial score (nSPS) is 9.94. The van der Waals surface area contributed by atoms with Gasteiger partial charge in [0, 0.05) is 6.07 Å². The lowest BCUT2D eigenvalue weighted by atomic mass is 10.3. The zero-order valence-electron chi connectivity index (χ0n) is 9.17. The Labute approximate surface area is 104 Å². The number of furan rings is 1. The SMILES string of the molecule is COc1ccccc1Oc1ccc(C(N)=S)o1. The Bertz CT molecular complexity index is 536. The first-order valence-corrected chi connectivity index (χ1v) is 5.32. The maximum Gasteiger partial charge on any atom is 0.290 e. The van der Waals surface area contributed by atoms with Crippen LogP contribution in [0.25, 0.3) is 0 Å². The van der Waals surface area contributed by atoms with E-state index in [4.69, 9.17) is 31.8 Å². The minimum atomic E-state index is 0.194. The van der Waals surface area contributed by atoms with Gasteiger partial charge in [-0.3, -0.25) is 0 Å². The van der Waals surface area contributed by atoms with E-state index in [0.717, 1.165) is 0 Å². The predicted octanol–water partition coefficient (Wildman–Crippen LogP) is 2.71. The van der Waals surface area contributed by atoms with Gasteiger partial charge in [-0.05, 0) is 18.2 Å². The number of thiocarbonyl (C=S) groups is 1. The predicted molar refractivity (Wildman–Crippen MR) is 67.7 cm³/mol. The van der Waals surface area contributed by atoms with Crippen molar-refractivity contribution >= 4 is 17.2 Å². The second-order valence-electron chi connectivity index (χ2n) is 3.24. The van der Waals surface area contributed by atoms with E-state index in [1.165, 1.54) is 0 Å². The summed E-state index contributed by atoms with van der Waals surface area (Å²) in [7, 11) is 1.57. The molecule has 2 aromatic rings. The monoisotopic (exact) mass is 249 g/mol. The number of ether oxygens (including phenoxy) is 2. The molecule has 0 radical (unpaired) electrons. The number of methoxy groups -OCH3 is 1. The summed E-state index contributed by atoms with van der Waals surface area (Å²) in [5, 5.41) is 0. The maximum absolute atomic E-state index is 5.52. The molecule has 2 rings (SSSR count). The summed E-state index contributed by atoms with van der Waals surface area (Å²) in [5.74, 6) is 1.93. The highest BCUT2D eigenvalue weighted by Crippen LogP contribution is 2.31. The van der Waals surface area contributed by atoms with Gasteiger partial charge in [-0.25, -0.2) is 0 Å². The molecule has 0 saturated heterocycles. The van der Waals surface area contributed by atoms with E-state index >= 15 is 0 Å². The van der Waals surface area contributed by atoms with Crippen LogP contribution in [0, 0.1) is 0 Å². The van der Waals surface area contributed by atoms with Crippen molar-refractivity contribution in [3.63, 3.8) is 0 Å². The highest BCUT2D eigenvalue weighted by molar-refractivity contribution is 7.80. The number of rotatable bonds is 4. The summed E-state index contributed by atoms with van der Waals surface area (Å²) < 4.78 is 16.0. The molecule has 0 aliphatic heterocycles. The Morgan fingerprint density at radius 1 is 1.18 bits per heavy atom. The Hall–Kier alpha value is -2.01. The smallest absolute Gasteiger partial charge is 0.290 e. The Balaban J connectivity index is 2.22. The molecule has 0 fully saturated rings. The molecule has 0 unspecified atom stereocenters. The van der Waals surface area contributed by atoms with Gasteiger partial charge in [0.2, 0.25) is 0 Å². The zero-order chi connectivity index (χ0) is 12.3. The summed E-state index contributed by atoms with van der Waals surface area (Å²) in [5.41, 5.74) is 5.43. The van der Waals surface area contributed by atoms with Crippen LogP contribution in [0.3, 0.4) is 0 Å². The standard InChI is InChI=1S/C12H11NO3S/c1-14-8-4-2-3-5-9(8)15-11-7-6-10(16-11)12(13)17/h2-7H,1H3,(H2,13,17). The summed E-state index contributed by atoms with van der Waals surface area (Å²) in [6.07, 6.45) is 0. The molecule has 4 nitrogen and oxygen atoms in total. The van der Waals surface area contributed by atoms with E-state index in [2.05, 4.69) is 0 Å². The Kier molecular flexibility index (Phi) is 3.30. The summed E-state index contributed by atoms with van der Waals surface area (Å²) in [6, 6.07) is 10.6. The fraction of sp³-hybridized carbons (Fsp3) is 0.0833. The van der Waals surface area contributed by atoms with Gasteiger partial charge in [-0.1, -0.05) is 24.4 Å². The van der Waals surface area contributed by atoms with Crippen molar-refractivity contribution < 1.29 is 13.9 Å². The second-order valence-corrected chi connectivity index (χ2v) is 3.68. The fourth-order valence-electron chi connectivity index (χ4n) is 1.32. The summed E-state index contributed by atoms with van der Waals surface area (Å²) in [4.78, 5) is 0.194. The van der Waals surface area contributed by atoms with Crippen LogP contribution >= 0.6 is 12.2 Å². The van der Waals surface area contributed by atoms with Crippen molar-refractivity contribution in [3.8, 4) is 17.4 Å². The van der Waals surface area contributed by atoms with Crippen LogP contribution < -0.4 is 15.2 Å². The Morgan fingerprint density at radius 2 is 1.88 bits per heavy atom. The van der Waals surface area contributed by atoms with E-state index in [1.54, 1.807) is 31.4 Å². The molecule has 0 aliphatic rings. The quantitative estimate of drug-likeness (QED) is 0.844. The van der Waals surface area contributed by atoms with Gasteiger partial charge in [-0.15, -0.1) is 0 Å². The summed E-state index contributed by atoms with van der Waals surface area (Å²) >= 11 is 4.79. The van der Waals surface area contributed by atoms with E-state index in [0.29, 0.717) is 23.2 Å². The van der Waals surface area contributed by atoms with Gasteiger partial charge >= 0.3 is 0 Å². The third-order valence-corrected chi connectivity index (χ3v) is 2.30. The van der Waals surface area contributed by atoms with Crippen LogP contribution in [0.5, 0.6) is 17.4 Å². The average molecular weight is 249 g/mol. The molecule has 0 bridgehead atoms. The van der Waals surface area contributed by atoms with Crippen molar-refractivity contribution in [2.75, 3.05) is 7.11 Å². The van der Waals surface area contributed by atoms with E-state index in [-0.39, 0.29) is 4.99 Å². The average Bonchev–Trinajstić information content (AvgIpc) is 2.78. The molecule has 2 N–H and O–H groups in total. The molecule has 5 heteroatoms. The van der Waals surface area contributed by atoms with Crippen molar-refractivity contribution in [2.45, 2.75) is 0 Å². The zero-order valence-corrected chi connectivity index (χ0v) is 9.99. The summed E-state index contributed by atoms with van der Waals surface area (Å²) in [6.45, 7) is 0. The molecule has 1 heterocycles. The lowest BCUT2D eigenvalue weighted by molar-refractivity contribution is 0.321. The number of nitrogens with two attached hydrogens (primary N) is 1. The van der Waals surface area contributed by atoms with Crippen LogP contribution in [0.15, 0.2) is 40.8 Å². The minimum absolute atomic E-state index is 0.194.